The van der Waals surface area contributed by atoms with Crippen LogP contribution in [0.25, 0.3) is 10.9 Å². The van der Waals surface area contributed by atoms with Crippen LogP contribution in [0.4, 0.5) is 20.2 Å². The first-order chi connectivity index (χ1) is 26.0. The average Bonchev–Trinajstić information content (AvgIpc) is 3.93. The van der Waals surface area contributed by atoms with Crippen LogP contribution in [0.2, 0.25) is 0 Å². The molecule has 2 heterocycles. The van der Waals surface area contributed by atoms with Crippen molar-refractivity contribution >= 4 is 53.0 Å². The quantitative estimate of drug-likeness (QED) is 0.0590. The van der Waals surface area contributed by atoms with E-state index in [1.807, 2.05) is 19.1 Å². The minimum Gasteiger partial charge on any atom is -0.493 e. The Morgan fingerprint density at radius 1 is 1.00 bits per heavy atom. The zero-order valence-corrected chi connectivity index (χ0v) is 31.2. The van der Waals surface area contributed by atoms with Crippen LogP contribution >= 0.6 is 12.0 Å². The Morgan fingerprint density at radius 3 is 2.24 bits per heavy atom. The van der Waals surface area contributed by atoms with Crippen LogP contribution in [0, 0.1) is 17.0 Å². The fourth-order valence-corrected chi connectivity index (χ4v) is 4.74. The van der Waals surface area contributed by atoms with E-state index in [1.165, 1.54) is 30.3 Å². The summed E-state index contributed by atoms with van der Waals surface area (Å²) < 4.78 is 57.2. The number of methoxy groups -OCH3 is 1. The molecule has 292 valence electrons. The molecule has 3 aromatic carbocycles. The van der Waals surface area contributed by atoms with E-state index in [-0.39, 0.29) is 22.7 Å². The van der Waals surface area contributed by atoms with Gasteiger partial charge in [-0.2, -0.15) is 0 Å². The summed E-state index contributed by atoms with van der Waals surface area (Å²) in [5.41, 5.74) is 2.06. The zero-order valence-electron chi connectivity index (χ0n) is 30.4. The average molecular weight is 773 g/mol. The number of ether oxygens (including phenoxy) is 4. The number of nitrogens with zero attached hydrogens (tertiary/aromatic N) is 2. The number of hydrogen-bond donors (Lipinski definition) is 4. The number of halogens is 2. The number of morpholine rings is 1. The normalized spacial score (nSPS) is 14.0. The number of rotatable bonds is 14. The highest BCUT2D eigenvalue weighted by molar-refractivity contribution is 7.94. The van der Waals surface area contributed by atoms with E-state index in [2.05, 4.69) is 20.5 Å². The highest BCUT2D eigenvalue weighted by Gasteiger charge is 2.36. The summed E-state index contributed by atoms with van der Waals surface area (Å²) in [6.45, 7) is 7.03. The van der Waals surface area contributed by atoms with Gasteiger partial charge in [-0.05, 0) is 79.8 Å². The summed E-state index contributed by atoms with van der Waals surface area (Å²) in [7, 11) is 3.33. The number of aliphatic carboxylic acids is 1. The number of benzene rings is 3. The van der Waals surface area contributed by atoms with Crippen LogP contribution in [-0.4, -0.2) is 97.6 Å². The number of amides is 1. The van der Waals surface area contributed by atoms with Crippen molar-refractivity contribution in [3.05, 3.63) is 78.5 Å². The maximum atomic E-state index is 14.4. The number of nitrogens with one attached hydrogen (secondary N) is 2. The van der Waals surface area contributed by atoms with Crippen molar-refractivity contribution in [2.75, 3.05) is 70.0 Å². The Morgan fingerprint density at radius 2 is 1.70 bits per heavy atom. The molecule has 2 fully saturated rings. The van der Waals surface area contributed by atoms with Gasteiger partial charge in [-0.1, -0.05) is 6.92 Å². The van der Waals surface area contributed by atoms with E-state index in [9.17, 15) is 23.2 Å². The second kappa shape index (κ2) is 22.9. The number of carboxylic acid groups (broad SMARTS) is 1. The number of hydrogen-bond acceptors (Lipinski definition) is 12. The largest absolute Gasteiger partial charge is 0.493 e. The molecule has 0 radical (unpaired) electrons. The van der Waals surface area contributed by atoms with Gasteiger partial charge in [-0.15, -0.1) is 0 Å². The molecule has 54 heavy (non-hydrogen) atoms. The lowest BCUT2D eigenvalue weighted by Gasteiger charge is -2.26. The molecule has 2 aliphatic rings. The third-order valence-electron chi connectivity index (χ3n) is 7.99. The second-order valence-electron chi connectivity index (χ2n) is 12.2. The zero-order chi connectivity index (χ0) is 39.3. The fraction of sp³-hybridized carbons (Fsp3) is 0.368. The lowest BCUT2D eigenvalue weighted by Crippen LogP contribution is -2.37. The van der Waals surface area contributed by atoms with Gasteiger partial charge in [-0.3, -0.25) is 19.5 Å². The van der Waals surface area contributed by atoms with Crippen LogP contribution in [0.3, 0.4) is 0 Å². The summed E-state index contributed by atoms with van der Waals surface area (Å²) >= 11 is 0.310. The summed E-state index contributed by atoms with van der Waals surface area (Å²) in [6, 6.07) is 15.6. The van der Waals surface area contributed by atoms with E-state index in [4.69, 9.17) is 28.6 Å². The Hall–Kier alpha value is -5.03. The predicted molar refractivity (Wildman–Crippen MR) is 204 cm³/mol. The highest BCUT2D eigenvalue weighted by atomic mass is 32.2. The highest BCUT2D eigenvalue weighted by Crippen LogP contribution is 2.42. The smallest absolute Gasteiger partial charge is 0.315 e. The SMILES string of the molecule is CC1(C=O)CC1.CNc1ccc(Oc2ccnc3cc(OCCCN4CCOCC4)c(OC)cc23)c(F)c1.O=C(O)CSO.O=CNc1ccc(F)cc1. The van der Waals surface area contributed by atoms with E-state index in [0.29, 0.717) is 64.6 Å². The molecule has 1 aliphatic heterocycles. The maximum Gasteiger partial charge on any atom is 0.315 e. The molecule has 13 nitrogen and oxygen atoms in total. The van der Waals surface area contributed by atoms with Crippen LogP contribution < -0.4 is 24.8 Å². The van der Waals surface area contributed by atoms with Gasteiger partial charge in [-0.25, -0.2) is 8.78 Å². The topological polar surface area (TPSA) is 169 Å². The molecule has 0 unspecified atom stereocenters. The number of pyridine rings is 1. The van der Waals surface area contributed by atoms with Crippen molar-refractivity contribution in [1.82, 2.24) is 9.88 Å². The fourth-order valence-electron chi connectivity index (χ4n) is 4.63. The predicted octanol–water partition coefficient (Wildman–Crippen LogP) is 6.97. The molecule has 1 aromatic heterocycles. The molecule has 0 bridgehead atoms. The molecule has 16 heteroatoms. The molecule has 4 N–H and O–H groups in total. The van der Waals surface area contributed by atoms with Gasteiger partial charge in [0, 0.05) is 67.2 Å². The van der Waals surface area contributed by atoms with Gasteiger partial charge in [0.25, 0.3) is 0 Å². The number of carbonyl (C=O) groups excluding carboxylic acids is 2. The minimum absolute atomic E-state index is 0.111. The number of aldehydes is 1. The molecular formula is C38H46F2N4O9S. The van der Waals surface area contributed by atoms with Crippen molar-refractivity contribution in [2.45, 2.75) is 26.2 Å². The van der Waals surface area contributed by atoms with Crippen LogP contribution in [0.15, 0.2) is 66.9 Å². The molecule has 1 aliphatic carbocycles. The van der Waals surface area contributed by atoms with Gasteiger partial charge in [0.05, 0.1) is 32.4 Å². The van der Waals surface area contributed by atoms with Gasteiger partial charge in [0.15, 0.2) is 23.1 Å². The van der Waals surface area contributed by atoms with Gasteiger partial charge in [0.1, 0.15) is 23.6 Å². The maximum absolute atomic E-state index is 14.4. The van der Waals surface area contributed by atoms with E-state index in [0.717, 1.165) is 58.4 Å². The summed E-state index contributed by atoms with van der Waals surface area (Å²) in [5, 5.41) is 13.7. The summed E-state index contributed by atoms with van der Waals surface area (Å²) in [5.74, 6) is -0.168. The number of fused-ring (bicyclic) bond motifs is 1. The lowest BCUT2D eigenvalue weighted by atomic mass is 10.1. The van der Waals surface area contributed by atoms with E-state index < -0.39 is 11.8 Å². The Balaban J connectivity index is 0.000000287. The third kappa shape index (κ3) is 15.1. The number of carboxylic acids is 1. The standard InChI is InChI=1S/C24H28FN3O4.C7H6FNO.C5H8O.C2H4O3S/c1-26-17-4-5-22(19(25)14-17)32-21-6-7-27-20-16-24(23(29-2)15-18(20)21)31-11-3-8-28-9-12-30-13-10-28;8-6-1-3-7(4-2-6)9-5-10;1-5(4-6)2-3-5;3-2(4)1-6-5/h4-7,14-16,26H,3,8-13H2,1-2H3;1-5H,(H,9,10);4H,2-3H2,1H3;5H,1H2,(H,3,4). The third-order valence-corrected chi connectivity index (χ3v) is 8.36. The monoisotopic (exact) mass is 772 g/mol. The molecule has 0 spiro atoms. The van der Waals surface area contributed by atoms with Crippen molar-refractivity contribution in [3.8, 4) is 23.0 Å². The van der Waals surface area contributed by atoms with Gasteiger partial charge in [0.2, 0.25) is 6.41 Å². The Bertz CT molecular complexity index is 1780. The molecule has 1 amide bonds. The van der Waals surface area contributed by atoms with E-state index >= 15 is 0 Å². The molecule has 6 rings (SSSR count). The first-order valence-corrected chi connectivity index (χ1v) is 17.9. The van der Waals surface area contributed by atoms with E-state index in [1.54, 1.807) is 38.6 Å². The van der Waals surface area contributed by atoms with Crippen LogP contribution in [0.1, 0.15) is 26.2 Å². The van der Waals surface area contributed by atoms with Crippen molar-refractivity contribution in [3.63, 3.8) is 0 Å². The number of carbonyl (C=O) groups is 3. The van der Waals surface area contributed by atoms with Crippen molar-refractivity contribution < 1.29 is 51.8 Å². The number of aromatic nitrogens is 1. The molecule has 0 atom stereocenters. The van der Waals surface area contributed by atoms with Gasteiger partial charge < -0.3 is 44.0 Å². The Kier molecular flexibility index (Phi) is 18.4. The molecule has 1 saturated carbocycles. The second-order valence-corrected chi connectivity index (χ2v) is 12.7. The Labute approximate surface area is 317 Å². The lowest BCUT2D eigenvalue weighted by molar-refractivity contribution is -0.134. The molecule has 4 aromatic rings. The first kappa shape index (κ1) is 43.4. The molecule has 1 saturated heterocycles. The van der Waals surface area contributed by atoms with Crippen LogP contribution in [-0.2, 0) is 19.1 Å². The van der Waals surface area contributed by atoms with Crippen molar-refractivity contribution in [2.24, 2.45) is 5.41 Å². The van der Waals surface area contributed by atoms with Crippen molar-refractivity contribution in [1.29, 1.82) is 0 Å². The molecular weight excluding hydrogens is 727 g/mol. The van der Waals surface area contributed by atoms with Crippen LogP contribution in [0.5, 0.6) is 23.0 Å². The summed E-state index contributed by atoms with van der Waals surface area (Å²) in [4.78, 5) is 36.0. The van der Waals surface area contributed by atoms with Gasteiger partial charge >= 0.3 is 5.97 Å². The minimum atomic E-state index is -0.998. The first-order valence-electron chi connectivity index (χ1n) is 17.0. The summed E-state index contributed by atoms with van der Waals surface area (Å²) in [6.07, 6.45) is 6.35. The number of anilines is 2.